The lowest BCUT2D eigenvalue weighted by atomic mass is 9.77. The van der Waals surface area contributed by atoms with Crippen LogP contribution in [0.5, 0.6) is 0 Å². The maximum Gasteiger partial charge on any atom is 0.181 e. The minimum atomic E-state index is 0.0241. The molecule has 0 N–H and O–H groups in total. The molecule has 1 atom stereocenters. The molecule has 2 aromatic heterocycles. The normalized spacial score (nSPS) is 23.0. The van der Waals surface area contributed by atoms with Crippen LogP contribution in [0.4, 0.5) is 0 Å². The number of carbonyl (C=O) groups excluding carboxylic acids is 1. The second-order valence-electron chi connectivity index (χ2n) is 7.28. The minimum Gasteiger partial charge on any atom is -0.324 e. The van der Waals surface area contributed by atoms with E-state index in [1.165, 1.54) is 5.56 Å². The average molecular weight is 296 g/mol. The van der Waals surface area contributed by atoms with E-state index in [1.807, 2.05) is 12.5 Å². The van der Waals surface area contributed by atoms with E-state index in [-0.39, 0.29) is 11.2 Å². The zero-order valence-electron chi connectivity index (χ0n) is 13.0. The first-order valence-electron chi connectivity index (χ1n) is 7.90. The van der Waals surface area contributed by atoms with Gasteiger partial charge in [0.15, 0.2) is 5.78 Å². The molecule has 2 aromatic rings. The van der Waals surface area contributed by atoms with Crippen LogP contribution in [-0.4, -0.2) is 25.3 Å². The third-order valence-electron chi connectivity index (χ3n) is 4.86. The number of fused-ring (bicyclic) bond motifs is 2. The van der Waals surface area contributed by atoms with Crippen molar-refractivity contribution in [3.05, 3.63) is 41.5 Å². The third-order valence-corrected chi connectivity index (χ3v) is 4.86. The maximum absolute atomic E-state index is 12.6. The summed E-state index contributed by atoms with van der Waals surface area (Å²) in [4.78, 5) is 25.6. The summed E-state index contributed by atoms with van der Waals surface area (Å²) in [5, 5.41) is 0. The van der Waals surface area contributed by atoms with Crippen molar-refractivity contribution in [2.75, 3.05) is 0 Å². The molecule has 5 heteroatoms. The smallest absolute Gasteiger partial charge is 0.181 e. The van der Waals surface area contributed by atoms with Gasteiger partial charge in [-0.3, -0.25) is 4.79 Å². The van der Waals surface area contributed by atoms with Gasteiger partial charge in [-0.2, -0.15) is 0 Å². The summed E-state index contributed by atoms with van der Waals surface area (Å²) in [7, 11) is 0. The van der Waals surface area contributed by atoms with Gasteiger partial charge in [0.1, 0.15) is 12.0 Å². The molecule has 0 spiro atoms. The molecule has 0 aliphatic heterocycles. The van der Waals surface area contributed by atoms with Crippen molar-refractivity contribution >= 4 is 5.78 Å². The summed E-state index contributed by atoms with van der Waals surface area (Å²) in [5.74, 6) is 0.235. The summed E-state index contributed by atoms with van der Waals surface area (Å²) >= 11 is 0. The molecule has 0 fully saturated rings. The summed E-state index contributed by atoms with van der Waals surface area (Å²) in [6.45, 7) is 4.28. The number of ketones is 1. The Morgan fingerprint density at radius 2 is 2.09 bits per heavy atom. The van der Waals surface area contributed by atoms with Crippen LogP contribution < -0.4 is 0 Å². The predicted molar refractivity (Wildman–Crippen MR) is 81.8 cm³/mol. The zero-order chi connectivity index (χ0) is 15.3. The van der Waals surface area contributed by atoms with E-state index in [0.29, 0.717) is 12.5 Å². The molecular formula is C17H20N4O. The molecule has 0 amide bonds. The van der Waals surface area contributed by atoms with Crippen LogP contribution in [0, 0.1) is 5.41 Å². The standard InChI is InChI=1S/C17H20N4O/c1-17(2)6-14-16(15(22)7-17)21(10-20-14)12-3-4-13-11(5-12)8-18-9-19-13/h8-10,12H,3-7H2,1-2H3. The Kier molecular flexibility index (Phi) is 2.93. The third kappa shape index (κ3) is 2.16. The van der Waals surface area contributed by atoms with Crippen LogP contribution in [0.15, 0.2) is 18.9 Å². The summed E-state index contributed by atoms with van der Waals surface area (Å²) < 4.78 is 2.11. The number of nitrogens with zero attached hydrogens (tertiary/aromatic N) is 4. The molecule has 1 unspecified atom stereocenters. The largest absolute Gasteiger partial charge is 0.324 e. The molecule has 0 saturated carbocycles. The van der Waals surface area contributed by atoms with Gasteiger partial charge < -0.3 is 4.57 Å². The van der Waals surface area contributed by atoms with E-state index in [4.69, 9.17) is 0 Å². The van der Waals surface area contributed by atoms with Crippen LogP contribution in [0.1, 0.15) is 60.2 Å². The van der Waals surface area contributed by atoms with Crippen LogP contribution in [0.3, 0.4) is 0 Å². The summed E-state index contributed by atoms with van der Waals surface area (Å²) in [6.07, 6.45) is 9.70. The van der Waals surface area contributed by atoms with E-state index in [9.17, 15) is 4.79 Å². The highest BCUT2D eigenvalue weighted by atomic mass is 16.1. The number of hydrogen-bond donors (Lipinski definition) is 0. The average Bonchev–Trinajstić information content (AvgIpc) is 2.89. The van der Waals surface area contributed by atoms with E-state index in [0.717, 1.165) is 42.8 Å². The SMILES string of the molecule is CC1(C)CC(=O)c2c(ncn2C2CCc3ncncc3C2)C1. The first-order valence-corrected chi connectivity index (χ1v) is 7.90. The molecule has 5 nitrogen and oxygen atoms in total. The van der Waals surface area contributed by atoms with Gasteiger partial charge in [-0.15, -0.1) is 0 Å². The first kappa shape index (κ1) is 13.6. The Bertz CT molecular complexity index is 747. The van der Waals surface area contributed by atoms with Crippen LogP contribution in [0.25, 0.3) is 0 Å². The predicted octanol–water partition coefficient (Wildman–Crippen LogP) is 2.56. The van der Waals surface area contributed by atoms with Gasteiger partial charge in [0, 0.05) is 24.4 Å². The molecule has 0 bridgehead atoms. The number of hydrogen-bond acceptors (Lipinski definition) is 4. The number of aromatic nitrogens is 4. The second-order valence-corrected chi connectivity index (χ2v) is 7.28. The monoisotopic (exact) mass is 296 g/mol. The maximum atomic E-state index is 12.6. The Morgan fingerprint density at radius 3 is 2.95 bits per heavy atom. The Morgan fingerprint density at radius 1 is 1.23 bits per heavy atom. The van der Waals surface area contributed by atoms with E-state index >= 15 is 0 Å². The van der Waals surface area contributed by atoms with Crippen molar-refractivity contribution in [1.29, 1.82) is 0 Å². The molecule has 2 aliphatic rings. The fourth-order valence-electron chi connectivity index (χ4n) is 3.82. The highest BCUT2D eigenvalue weighted by molar-refractivity contribution is 5.97. The quantitative estimate of drug-likeness (QED) is 0.811. The van der Waals surface area contributed by atoms with Gasteiger partial charge in [-0.05, 0) is 36.7 Å². The highest BCUT2D eigenvalue weighted by Gasteiger charge is 2.36. The number of Topliss-reactive ketones (excluding diaryl/α,β-unsaturated/α-hetero) is 1. The lowest BCUT2D eigenvalue weighted by molar-refractivity contribution is 0.0897. The highest BCUT2D eigenvalue weighted by Crippen LogP contribution is 2.36. The summed E-state index contributed by atoms with van der Waals surface area (Å²) in [6, 6.07) is 0.292. The number of carbonyl (C=O) groups is 1. The van der Waals surface area contributed by atoms with Crippen LogP contribution >= 0.6 is 0 Å². The van der Waals surface area contributed by atoms with Gasteiger partial charge in [0.25, 0.3) is 0 Å². The zero-order valence-corrected chi connectivity index (χ0v) is 13.0. The van der Waals surface area contributed by atoms with Crippen molar-refractivity contribution in [2.45, 2.75) is 52.0 Å². The van der Waals surface area contributed by atoms with Crippen molar-refractivity contribution in [3.63, 3.8) is 0 Å². The molecule has 0 saturated heterocycles. The van der Waals surface area contributed by atoms with Crippen molar-refractivity contribution in [3.8, 4) is 0 Å². The van der Waals surface area contributed by atoms with Gasteiger partial charge in [-0.25, -0.2) is 15.0 Å². The van der Waals surface area contributed by atoms with Crippen molar-refractivity contribution in [1.82, 2.24) is 19.5 Å². The molecule has 2 heterocycles. The Hall–Kier alpha value is -2.04. The fourth-order valence-corrected chi connectivity index (χ4v) is 3.82. The molecule has 22 heavy (non-hydrogen) atoms. The van der Waals surface area contributed by atoms with Crippen LogP contribution in [0.2, 0.25) is 0 Å². The topological polar surface area (TPSA) is 60.7 Å². The van der Waals surface area contributed by atoms with E-state index in [1.54, 1.807) is 6.33 Å². The van der Waals surface area contributed by atoms with E-state index < -0.39 is 0 Å². The molecule has 2 aliphatic carbocycles. The van der Waals surface area contributed by atoms with Gasteiger partial charge in [0.05, 0.1) is 12.0 Å². The first-order chi connectivity index (χ1) is 10.5. The summed E-state index contributed by atoms with van der Waals surface area (Å²) in [5.41, 5.74) is 4.18. The minimum absolute atomic E-state index is 0.0241. The lowest BCUT2D eigenvalue weighted by Crippen LogP contribution is -2.30. The molecule has 114 valence electrons. The Balaban J connectivity index is 1.69. The van der Waals surface area contributed by atoms with Gasteiger partial charge in [0.2, 0.25) is 0 Å². The molecule has 0 aromatic carbocycles. The van der Waals surface area contributed by atoms with Crippen molar-refractivity contribution < 1.29 is 4.79 Å². The number of imidazole rings is 1. The molecule has 0 radical (unpaired) electrons. The molecule has 4 rings (SSSR count). The second kappa shape index (κ2) is 4.73. The van der Waals surface area contributed by atoms with E-state index in [2.05, 4.69) is 33.4 Å². The van der Waals surface area contributed by atoms with Gasteiger partial charge >= 0.3 is 0 Å². The Labute approximate surface area is 129 Å². The molecular weight excluding hydrogens is 276 g/mol. The van der Waals surface area contributed by atoms with Gasteiger partial charge in [-0.1, -0.05) is 13.8 Å². The number of rotatable bonds is 1. The lowest BCUT2D eigenvalue weighted by Gasteiger charge is -2.30. The number of aryl methyl sites for hydroxylation is 1. The van der Waals surface area contributed by atoms with Crippen molar-refractivity contribution in [2.24, 2.45) is 5.41 Å². The van der Waals surface area contributed by atoms with Crippen LogP contribution in [-0.2, 0) is 19.3 Å². The fraction of sp³-hybridized carbons (Fsp3) is 0.529.